The van der Waals surface area contributed by atoms with Crippen molar-refractivity contribution in [3.05, 3.63) is 16.1 Å². The van der Waals surface area contributed by atoms with E-state index < -0.39 is 0 Å². The van der Waals surface area contributed by atoms with Crippen LogP contribution in [0.1, 0.15) is 23.7 Å². The number of halogens is 1. The van der Waals surface area contributed by atoms with Gasteiger partial charge in [-0.1, -0.05) is 0 Å². The Morgan fingerprint density at radius 2 is 1.94 bits per heavy atom. The second-order valence-electron chi connectivity index (χ2n) is 4.01. The van der Waals surface area contributed by atoms with Crippen molar-refractivity contribution in [2.75, 3.05) is 40.5 Å². The lowest BCUT2D eigenvalue weighted by molar-refractivity contribution is 0.0919. The van der Waals surface area contributed by atoms with Crippen LogP contribution in [0.4, 0.5) is 0 Å². The van der Waals surface area contributed by atoms with E-state index in [0.717, 1.165) is 23.8 Å². The molecule has 1 rings (SSSR count). The van der Waals surface area contributed by atoms with Crippen LogP contribution in [0.25, 0.3) is 0 Å². The van der Waals surface area contributed by atoms with Gasteiger partial charge in [0.1, 0.15) is 5.01 Å². The number of aromatic nitrogens is 1. The molecule has 6 heteroatoms. The Hall–Kier alpha value is -0.200. The first-order valence-corrected chi connectivity index (χ1v) is 7.36. The van der Waals surface area contributed by atoms with Gasteiger partial charge in [0.25, 0.3) is 0 Å². The summed E-state index contributed by atoms with van der Waals surface area (Å²) in [7, 11) is 3.43. The van der Waals surface area contributed by atoms with Crippen LogP contribution in [-0.2, 0) is 15.4 Å². The quantitative estimate of drug-likeness (QED) is 0.655. The molecular formula is C12H21ClN2O2S. The number of hydrogen-bond acceptors (Lipinski definition) is 5. The molecule has 0 saturated carbocycles. The SMILES string of the molecule is COCCN(CCOC)C(C)c1nc(CCl)cs1. The lowest BCUT2D eigenvalue weighted by Crippen LogP contribution is -2.33. The van der Waals surface area contributed by atoms with Gasteiger partial charge in [0.2, 0.25) is 0 Å². The lowest BCUT2D eigenvalue weighted by atomic mass is 10.3. The minimum absolute atomic E-state index is 0.261. The summed E-state index contributed by atoms with van der Waals surface area (Å²) in [5.74, 6) is 0.472. The van der Waals surface area contributed by atoms with Crippen molar-refractivity contribution in [2.45, 2.75) is 18.8 Å². The van der Waals surface area contributed by atoms with Crippen molar-refractivity contribution < 1.29 is 9.47 Å². The van der Waals surface area contributed by atoms with E-state index in [9.17, 15) is 0 Å². The van der Waals surface area contributed by atoms with E-state index in [1.807, 2.05) is 5.38 Å². The smallest absolute Gasteiger partial charge is 0.110 e. The normalized spacial score (nSPS) is 13.2. The van der Waals surface area contributed by atoms with Gasteiger partial charge in [0.15, 0.2) is 0 Å². The Morgan fingerprint density at radius 1 is 1.33 bits per heavy atom. The van der Waals surface area contributed by atoms with Crippen molar-refractivity contribution in [1.82, 2.24) is 9.88 Å². The molecule has 0 amide bonds. The van der Waals surface area contributed by atoms with Gasteiger partial charge < -0.3 is 9.47 Å². The molecule has 18 heavy (non-hydrogen) atoms. The number of thiazole rings is 1. The Labute approximate surface area is 118 Å². The third-order valence-electron chi connectivity index (χ3n) is 2.78. The van der Waals surface area contributed by atoms with Gasteiger partial charge in [0, 0.05) is 32.7 Å². The molecule has 0 aliphatic rings. The molecule has 0 N–H and O–H groups in total. The minimum Gasteiger partial charge on any atom is -0.383 e. The predicted octanol–water partition coefficient (Wildman–Crippen LogP) is 2.54. The van der Waals surface area contributed by atoms with E-state index in [1.165, 1.54) is 0 Å². The molecule has 1 aromatic heterocycles. The average molecular weight is 293 g/mol. The second-order valence-corrected chi connectivity index (χ2v) is 5.17. The largest absolute Gasteiger partial charge is 0.383 e. The van der Waals surface area contributed by atoms with Gasteiger partial charge in [-0.05, 0) is 6.92 Å². The number of methoxy groups -OCH3 is 2. The van der Waals surface area contributed by atoms with Crippen molar-refractivity contribution >= 4 is 22.9 Å². The summed E-state index contributed by atoms with van der Waals surface area (Å²) in [6, 6.07) is 0.261. The maximum absolute atomic E-state index is 5.78. The van der Waals surface area contributed by atoms with Crippen molar-refractivity contribution in [3.63, 3.8) is 0 Å². The first-order valence-electron chi connectivity index (χ1n) is 5.95. The molecule has 0 radical (unpaired) electrons. The van der Waals surface area contributed by atoms with Gasteiger partial charge in [-0.2, -0.15) is 0 Å². The molecule has 0 fully saturated rings. The summed E-state index contributed by atoms with van der Waals surface area (Å²) in [5, 5.41) is 3.11. The van der Waals surface area contributed by atoms with Gasteiger partial charge >= 0.3 is 0 Å². The van der Waals surface area contributed by atoms with E-state index in [4.69, 9.17) is 21.1 Å². The molecule has 1 heterocycles. The van der Waals surface area contributed by atoms with E-state index in [-0.39, 0.29) is 6.04 Å². The van der Waals surface area contributed by atoms with Crippen LogP contribution in [0.2, 0.25) is 0 Å². The first-order chi connectivity index (χ1) is 8.72. The van der Waals surface area contributed by atoms with Gasteiger partial charge in [-0.25, -0.2) is 4.98 Å². The Balaban J connectivity index is 2.63. The molecule has 0 aliphatic heterocycles. The maximum Gasteiger partial charge on any atom is 0.110 e. The summed E-state index contributed by atoms with van der Waals surface area (Å²) in [6.07, 6.45) is 0. The Morgan fingerprint density at radius 3 is 2.39 bits per heavy atom. The highest BCUT2D eigenvalue weighted by Crippen LogP contribution is 2.24. The zero-order valence-electron chi connectivity index (χ0n) is 11.2. The van der Waals surface area contributed by atoms with E-state index in [1.54, 1.807) is 25.6 Å². The first kappa shape index (κ1) is 15.9. The number of ether oxygens (including phenoxy) is 2. The third-order valence-corrected chi connectivity index (χ3v) is 4.11. The van der Waals surface area contributed by atoms with Crippen LogP contribution in [0.15, 0.2) is 5.38 Å². The molecular weight excluding hydrogens is 272 g/mol. The number of nitrogens with zero attached hydrogens (tertiary/aromatic N) is 2. The van der Waals surface area contributed by atoms with Crippen LogP contribution in [0, 0.1) is 0 Å². The fourth-order valence-corrected chi connectivity index (χ4v) is 2.79. The van der Waals surface area contributed by atoms with Crippen molar-refractivity contribution in [3.8, 4) is 0 Å². The topological polar surface area (TPSA) is 34.6 Å². The van der Waals surface area contributed by atoms with Crippen molar-refractivity contribution in [2.24, 2.45) is 0 Å². The highest BCUT2D eigenvalue weighted by atomic mass is 35.5. The summed E-state index contributed by atoms with van der Waals surface area (Å²) in [5.41, 5.74) is 0.946. The molecule has 104 valence electrons. The summed E-state index contributed by atoms with van der Waals surface area (Å²) in [4.78, 5) is 6.84. The number of alkyl halides is 1. The molecule has 0 bridgehead atoms. The van der Waals surface area contributed by atoms with Crippen LogP contribution < -0.4 is 0 Å². The van der Waals surface area contributed by atoms with E-state index >= 15 is 0 Å². The zero-order chi connectivity index (χ0) is 13.4. The Kier molecular flexibility index (Phi) is 7.77. The fraction of sp³-hybridized carbons (Fsp3) is 0.750. The number of rotatable bonds is 9. The summed E-state index contributed by atoms with van der Waals surface area (Å²) in [6.45, 7) is 5.32. The highest BCUT2D eigenvalue weighted by molar-refractivity contribution is 7.09. The molecule has 0 spiro atoms. The molecule has 0 aliphatic carbocycles. The van der Waals surface area contributed by atoms with Gasteiger partial charge in [-0.3, -0.25) is 4.90 Å². The maximum atomic E-state index is 5.78. The van der Waals surface area contributed by atoms with Gasteiger partial charge in [0.05, 0.1) is 30.8 Å². The molecule has 0 aromatic carbocycles. The molecule has 4 nitrogen and oxygen atoms in total. The monoisotopic (exact) mass is 292 g/mol. The second kappa shape index (κ2) is 8.82. The Bertz CT molecular complexity index is 328. The molecule has 1 atom stereocenters. The number of hydrogen-bond donors (Lipinski definition) is 0. The van der Waals surface area contributed by atoms with Crippen molar-refractivity contribution in [1.29, 1.82) is 0 Å². The predicted molar refractivity (Wildman–Crippen MR) is 75.4 cm³/mol. The summed E-state index contributed by atoms with van der Waals surface area (Å²) < 4.78 is 10.3. The molecule has 1 aromatic rings. The van der Waals surface area contributed by atoms with Crippen LogP contribution >= 0.6 is 22.9 Å². The van der Waals surface area contributed by atoms with E-state index in [0.29, 0.717) is 19.1 Å². The van der Waals surface area contributed by atoms with Gasteiger partial charge in [-0.15, -0.1) is 22.9 Å². The molecule has 1 unspecified atom stereocenters. The minimum atomic E-state index is 0.261. The average Bonchev–Trinajstić information content (AvgIpc) is 2.87. The van der Waals surface area contributed by atoms with Crippen LogP contribution in [0.5, 0.6) is 0 Å². The summed E-state index contributed by atoms with van der Waals surface area (Å²) >= 11 is 7.44. The van der Waals surface area contributed by atoms with Crippen LogP contribution in [-0.4, -0.2) is 50.4 Å². The third kappa shape index (κ3) is 4.82. The highest BCUT2D eigenvalue weighted by Gasteiger charge is 2.18. The zero-order valence-corrected chi connectivity index (χ0v) is 12.8. The lowest BCUT2D eigenvalue weighted by Gasteiger charge is -2.27. The van der Waals surface area contributed by atoms with Crippen LogP contribution in [0.3, 0.4) is 0 Å². The van der Waals surface area contributed by atoms with E-state index in [2.05, 4.69) is 16.8 Å². The molecule has 0 saturated heterocycles. The fourth-order valence-electron chi connectivity index (χ4n) is 1.65. The standard InChI is InChI=1S/C12H21ClN2O2S/c1-10(12-14-11(8-13)9-18-12)15(4-6-16-2)5-7-17-3/h9-10H,4-8H2,1-3H3.